The van der Waals surface area contributed by atoms with Crippen LogP contribution in [0.1, 0.15) is 22.0 Å². The van der Waals surface area contributed by atoms with Gasteiger partial charge in [0.2, 0.25) is 5.91 Å². The molecule has 1 aromatic carbocycles. The number of hydrogen-bond acceptors (Lipinski definition) is 3. The molecule has 1 amide bonds. The molecule has 0 unspecified atom stereocenters. The van der Waals surface area contributed by atoms with E-state index in [-0.39, 0.29) is 24.1 Å². The number of halogens is 1. The number of carbonyl (C=O) groups is 1. The van der Waals surface area contributed by atoms with Crippen molar-refractivity contribution in [2.45, 2.75) is 19.5 Å². The zero-order valence-corrected chi connectivity index (χ0v) is 16.0. The molecule has 0 bridgehead atoms. The standard InChI is InChI=1S/C19H17BrN2O2S/c1-13-4-6-14(7-5-13)19(16-3-2-10-25-16)21-17(23)12-22-11-15(20)8-9-18(22)24/h2-11,19H,12H2,1H3,(H,21,23)/t19-/m1/s1. The normalized spacial score (nSPS) is 11.9. The second-order valence-corrected chi connectivity index (χ2v) is 7.64. The van der Waals surface area contributed by atoms with Gasteiger partial charge in [0.25, 0.3) is 5.56 Å². The van der Waals surface area contributed by atoms with Crippen LogP contribution in [0.4, 0.5) is 0 Å². The number of carbonyl (C=O) groups excluding carboxylic acids is 1. The van der Waals surface area contributed by atoms with Crippen molar-refractivity contribution < 1.29 is 4.79 Å². The predicted octanol–water partition coefficient (Wildman–Crippen LogP) is 3.89. The van der Waals surface area contributed by atoms with Crippen molar-refractivity contribution in [1.29, 1.82) is 0 Å². The van der Waals surface area contributed by atoms with Gasteiger partial charge < -0.3 is 9.88 Å². The molecular formula is C19H17BrN2O2S. The lowest BCUT2D eigenvalue weighted by Crippen LogP contribution is -2.34. The fraction of sp³-hybridized carbons (Fsp3) is 0.158. The molecule has 1 atom stereocenters. The zero-order chi connectivity index (χ0) is 17.8. The van der Waals surface area contributed by atoms with E-state index in [4.69, 9.17) is 0 Å². The Labute approximate surface area is 158 Å². The van der Waals surface area contributed by atoms with E-state index in [9.17, 15) is 9.59 Å². The fourth-order valence-corrected chi connectivity index (χ4v) is 3.70. The molecule has 25 heavy (non-hydrogen) atoms. The van der Waals surface area contributed by atoms with E-state index in [0.717, 1.165) is 14.9 Å². The third-order valence-electron chi connectivity index (χ3n) is 3.81. The van der Waals surface area contributed by atoms with Gasteiger partial charge in [-0.05, 0) is 45.9 Å². The van der Waals surface area contributed by atoms with Crippen LogP contribution in [0, 0.1) is 6.92 Å². The molecule has 3 aromatic rings. The van der Waals surface area contributed by atoms with Crippen LogP contribution in [0.15, 0.2) is 69.4 Å². The topological polar surface area (TPSA) is 51.1 Å². The number of aryl methyl sites for hydroxylation is 1. The Morgan fingerprint density at radius 1 is 1.20 bits per heavy atom. The number of benzene rings is 1. The summed E-state index contributed by atoms with van der Waals surface area (Å²) in [5.74, 6) is -0.209. The summed E-state index contributed by atoms with van der Waals surface area (Å²) in [7, 11) is 0. The highest BCUT2D eigenvalue weighted by Crippen LogP contribution is 2.26. The molecular weight excluding hydrogens is 400 g/mol. The number of thiophene rings is 1. The summed E-state index contributed by atoms with van der Waals surface area (Å²) in [6.07, 6.45) is 1.62. The lowest BCUT2D eigenvalue weighted by Gasteiger charge is -2.19. The summed E-state index contributed by atoms with van der Waals surface area (Å²) in [5, 5.41) is 5.03. The second-order valence-electron chi connectivity index (χ2n) is 5.74. The number of hydrogen-bond donors (Lipinski definition) is 1. The molecule has 0 aliphatic rings. The Morgan fingerprint density at radius 2 is 1.96 bits per heavy atom. The first kappa shape index (κ1) is 17.6. The molecule has 3 rings (SSSR count). The van der Waals surface area contributed by atoms with Gasteiger partial charge >= 0.3 is 0 Å². The van der Waals surface area contributed by atoms with Gasteiger partial charge in [-0.3, -0.25) is 9.59 Å². The number of aromatic nitrogens is 1. The highest BCUT2D eigenvalue weighted by atomic mass is 79.9. The number of pyridine rings is 1. The first-order valence-corrected chi connectivity index (χ1v) is 9.45. The van der Waals surface area contributed by atoms with Crippen molar-refractivity contribution >= 4 is 33.2 Å². The molecule has 128 valence electrons. The summed E-state index contributed by atoms with van der Waals surface area (Å²) in [4.78, 5) is 25.5. The summed E-state index contributed by atoms with van der Waals surface area (Å²) >= 11 is 4.92. The second kappa shape index (κ2) is 7.80. The monoisotopic (exact) mass is 416 g/mol. The minimum Gasteiger partial charge on any atom is -0.343 e. The van der Waals surface area contributed by atoms with Gasteiger partial charge in [-0.1, -0.05) is 35.9 Å². The van der Waals surface area contributed by atoms with Gasteiger partial charge in [0.15, 0.2) is 0 Å². The van der Waals surface area contributed by atoms with E-state index in [1.165, 1.54) is 16.2 Å². The van der Waals surface area contributed by atoms with Crippen LogP contribution in [0.3, 0.4) is 0 Å². The molecule has 0 saturated heterocycles. The number of amides is 1. The Bertz CT molecular complexity index is 917. The first-order chi connectivity index (χ1) is 12.0. The molecule has 0 aliphatic carbocycles. The molecule has 2 heterocycles. The van der Waals surface area contributed by atoms with Gasteiger partial charge in [0, 0.05) is 21.6 Å². The van der Waals surface area contributed by atoms with E-state index in [2.05, 4.69) is 21.2 Å². The average Bonchev–Trinajstić information content (AvgIpc) is 3.11. The van der Waals surface area contributed by atoms with Crippen LogP contribution >= 0.6 is 27.3 Å². The Kier molecular flexibility index (Phi) is 5.50. The van der Waals surface area contributed by atoms with E-state index in [1.807, 2.05) is 48.7 Å². The van der Waals surface area contributed by atoms with Crippen molar-refractivity contribution in [3.05, 3.63) is 90.9 Å². The zero-order valence-electron chi connectivity index (χ0n) is 13.6. The summed E-state index contributed by atoms with van der Waals surface area (Å²) in [6, 6.07) is 14.9. The maximum absolute atomic E-state index is 12.5. The highest BCUT2D eigenvalue weighted by Gasteiger charge is 2.18. The molecule has 2 aromatic heterocycles. The van der Waals surface area contributed by atoms with Gasteiger partial charge in [0.05, 0.1) is 6.04 Å². The van der Waals surface area contributed by atoms with Crippen molar-refractivity contribution in [2.75, 3.05) is 0 Å². The summed E-state index contributed by atoms with van der Waals surface area (Å²) in [6.45, 7) is 2.01. The summed E-state index contributed by atoms with van der Waals surface area (Å²) < 4.78 is 2.15. The van der Waals surface area contributed by atoms with Crippen LogP contribution in [0.2, 0.25) is 0 Å². The lowest BCUT2D eigenvalue weighted by atomic mass is 10.0. The Morgan fingerprint density at radius 3 is 2.64 bits per heavy atom. The van der Waals surface area contributed by atoms with Gasteiger partial charge in [-0.2, -0.15) is 0 Å². The van der Waals surface area contributed by atoms with Gasteiger partial charge in [-0.25, -0.2) is 0 Å². The van der Waals surface area contributed by atoms with Gasteiger partial charge in [0.1, 0.15) is 6.54 Å². The molecule has 0 radical (unpaired) electrons. The lowest BCUT2D eigenvalue weighted by molar-refractivity contribution is -0.122. The molecule has 1 N–H and O–H groups in total. The molecule has 0 aliphatic heterocycles. The Balaban J connectivity index is 1.83. The quantitative estimate of drug-likeness (QED) is 0.685. The van der Waals surface area contributed by atoms with Crippen molar-refractivity contribution in [3.63, 3.8) is 0 Å². The van der Waals surface area contributed by atoms with Crippen LogP contribution in [0.25, 0.3) is 0 Å². The third kappa shape index (κ3) is 4.46. The van der Waals surface area contributed by atoms with E-state index in [1.54, 1.807) is 23.6 Å². The smallest absolute Gasteiger partial charge is 0.251 e. The van der Waals surface area contributed by atoms with Crippen molar-refractivity contribution in [2.24, 2.45) is 0 Å². The van der Waals surface area contributed by atoms with E-state index >= 15 is 0 Å². The molecule has 4 nitrogen and oxygen atoms in total. The third-order valence-corrected chi connectivity index (χ3v) is 5.21. The van der Waals surface area contributed by atoms with Crippen molar-refractivity contribution in [1.82, 2.24) is 9.88 Å². The molecule has 6 heteroatoms. The van der Waals surface area contributed by atoms with E-state index < -0.39 is 0 Å². The molecule has 0 fully saturated rings. The average molecular weight is 417 g/mol. The maximum Gasteiger partial charge on any atom is 0.251 e. The van der Waals surface area contributed by atoms with Gasteiger partial charge in [-0.15, -0.1) is 11.3 Å². The van der Waals surface area contributed by atoms with Crippen LogP contribution < -0.4 is 10.9 Å². The SMILES string of the molecule is Cc1ccc([C@@H](NC(=O)Cn2cc(Br)ccc2=O)c2cccs2)cc1. The predicted molar refractivity (Wildman–Crippen MR) is 104 cm³/mol. The minimum atomic E-state index is -0.226. The first-order valence-electron chi connectivity index (χ1n) is 7.78. The number of rotatable bonds is 5. The van der Waals surface area contributed by atoms with Crippen LogP contribution in [-0.4, -0.2) is 10.5 Å². The highest BCUT2D eigenvalue weighted by molar-refractivity contribution is 9.10. The van der Waals surface area contributed by atoms with E-state index in [0.29, 0.717) is 0 Å². The fourth-order valence-electron chi connectivity index (χ4n) is 2.52. The number of nitrogens with one attached hydrogen (secondary N) is 1. The molecule has 0 saturated carbocycles. The largest absolute Gasteiger partial charge is 0.343 e. The number of nitrogens with zero attached hydrogens (tertiary/aromatic N) is 1. The van der Waals surface area contributed by atoms with Crippen molar-refractivity contribution in [3.8, 4) is 0 Å². The van der Waals surface area contributed by atoms with Crippen LogP contribution in [-0.2, 0) is 11.3 Å². The Hall–Kier alpha value is -2.18. The minimum absolute atomic E-state index is 0.0218. The van der Waals surface area contributed by atoms with Crippen LogP contribution in [0.5, 0.6) is 0 Å². The molecule has 0 spiro atoms. The summed E-state index contributed by atoms with van der Waals surface area (Å²) in [5.41, 5.74) is 1.98. The maximum atomic E-state index is 12.5.